The Balaban J connectivity index is 2.01. The number of aldehydes is 1. The molecule has 0 spiro atoms. The fraction of sp³-hybridized carbons (Fsp3) is 0.471. The van der Waals surface area contributed by atoms with Gasteiger partial charge in [-0.1, -0.05) is 18.2 Å². The maximum absolute atomic E-state index is 12.5. The molecule has 1 atom stereocenters. The van der Waals surface area contributed by atoms with Crippen molar-refractivity contribution in [3.63, 3.8) is 0 Å². The summed E-state index contributed by atoms with van der Waals surface area (Å²) in [5, 5.41) is 2.82. The van der Waals surface area contributed by atoms with Crippen molar-refractivity contribution in [1.29, 1.82) is 0 Å². The number of hydrogen-bond donors (Lipinski definition) is 1. The zero-order valence-electron chi connectivity index (χ0n) is 12.7. The zero-order valence-corrected chi connectivity index (χ0v) is 12.7. The summed E-state index contributed by atoms with van der Waals surface area (Å²) in [5.74, 6) is -0.281. The first-order chi connectivity index (χ1) is 10.7. The summed E-state index contributed by atoms with van der Waals surface area (Å²) in [7, 11) is 0. The molecule has 0 bridgehead atoms. The van der Waals surface area contributed by atoms with Gasteiger partial charge in [0.15, 0.2) is 0 Å². The van der Waals surface area contributed by atoms with Crippen molar-refractivity contribution >= 4 is 18.1 Å². The lowest BCUT2D eigenvalue weighted by atomic mass is 10.1. The molecule has 0 unspecified atom stereocenters. The van der Waals surface area contributed by atoms with Crippen molar-refractivity contribution < 1.29 is 14.4 Å². The smallest absolute Gasteiger partial charge is 0.251 e. The summed E-state index contributed by atoms with van der Waals surface area (Å²) in [6, 6.07) is 8.31. The van der Waals surface area contributed by atoms with Crippen molar-refractivity contribution in [2.45, 2.75) is 38.1 Å². The van der Waals surface area contributed by atoms with E-state index >= 15 is 0 Å². The van der Waals surface area contributed by atoms with E-state index in [1.165, 1.54) is 0 Å². The van der Waals surface area contributed by atoms with Gasteiger partial charge < -0.3 is 15.0 Å². The maximum atomic E-state index is 12.5. The monoisotopic (exact) mass is 302 g/mol. The minimum absolute atomic E-state index is 0.0346. The van der Waals surface area contributed by atoms with Gasteiger partial charge in [-0.3, -0.25) is 9.59 Å². The lowest BCUT2D eigenvalue weighted by molar-refractivity contribution is -0.132. The Morgan fingerprint density at radius 3 is 2.50 bits per heavy atom. The number of carbonyl (C=O) groups excluding carboxylic acids is 3. The SMILES string of the molecule is O=CCCC[C@H](NC(=O)c1ccccc1)C(=O)N1CCCC1. The molecule has 1 aromatic rings. The van der Waals surface area contributed by atoms with E-state index in [0.717, 1.165) is 32.2 Å². The first-order valence-electron chi connectivity index (χ1n) is 7.80. The quantitative estimate of drug-likeness (QED) is 0.616. The first kappa shape index (κ1) is 16.2. The van der Waals surface area contributed by atoms with Gasteiger partial charge in [0.2, 0.25) is 5.91 Å². The number of carbonyl (C=O) groups is 3. The molecule has 1 fully saturated rings. The summed E-state index contributed by atoms with van der Waals surface area (Å²) in [5.41, 5.74) is 0.539. The van der Waals surface area contributed by atoms with Gasteiger partial charge in [0, 0.05) is 25.1 Å². The Hall–Kier alpha value is -2.17. The van der Waals surface area contributed by atoms with E-state index in [1.807, 2.05) is 6.07 Å². The molecule has 0 saturated carbocycles. The van der Waals surface area contributed by atoms with Crippen LogP contribution in [0.25, 0.3) is 0 Å². The van der Waals surface area contributed by atoms with Gasteiger partial charge in [0.25, 0.3) is 5.91 Å². The number of likely N-dealkylation sites (tertiary alicyclic amines) is 1. The summed E-state index contributed by atoms with van der Waals surface area (Å²) in [4.78, 5) is 37.1. The largest absolute Gasteiger partial charge is 0.341 e. The van der Waals surface area contributed by atoms with E-state index in [4.69, 9.17) is 0 Å². The molecule has 0 radical (unpaired) electrons. The Morgan fingerprint density at radius 2 is 1.86 bits per heavy atom. The molecule has 0 aliphatic carbocycles. The summed E-state index contributed by atoms with van der Waals surface area (Å²) in [6.07, 6.45) is 4.37. The predicted molar refractivity (Wildman–Crippen MR) is 83.4 cm³/mol. The normalized spacial score (nSPS) is 15.4. The fourth-order valence-corrected chi connectivity index (χ4v) is 2.65. The molecular formula is C17H22N2O3. The number of unbranched alkanes of at least 4 members (excludes halogenated alkanes) is 1. The van der Waals surface area contributed by atoms with Gasteiger partial charge in [0.1, 0.15) is 12.3 Å². The lowest BCUT2D eigenvalue weighted by Crippen LogP contribution is -2.47. The minimum Gasteiger partial charge on any atom is -0.341 e. The van der Waals surface area contributed by atoms with Crippen LogP contribution in [0.2, 0.25) is 0 Å². The molecule has 1 heterocycles. The van der Waals surface area contributed by atoms with Crippen LogP contribution in [0.3, 0.4) is 0 Å². The lowest BCUT2D eigenvalue weighted by Gasteiger charge is -2.24. The van der Waals surface area contributed by atoms with Gasteiger partial charge in [0.05, 0.1) is 0 Å². The van der Waals surface area contributed by atoms with Crippen molar-refractivity contribution in [1.82, 2.24) is 10.2 Å². The second-order valence-electron chi connectivity index (χ2n) is 5.52. The minimum atomic E-state index is -0.550. The average Bonchev–Trinajstić information content (AvgIpc) is 3.08. The summed E-state index contributed by atoms with van der Waals surface area (Å²) < 4.78 is 0. The molecule has 22 heavy (non-hydrogen) atoms. The zero-order chi connectivity index (χ0) is 15.8. The third-order valence-electron chi connectivity index (χ3n) is 3.87. The number of hydrogen-bond acceptors (Lipinski definition) is 3. The van der Waals surface area contributed by atoms with Crippen molar-refractivity contribution in [3.8, 4) is 0 Å². The van der Waals surface area contributed by atoms with Gasteiger partial charge in [-0.05, 0) is 37.8 Å². The van der Waals surface area contributed by atoms with Crippen LogP contribution in [-0.4, -0.2) is 42.1 Å². The molecule has 2 amide bonds. The van der Waals surface area contributed by atoms with Crippen LogP contribution in [0.5, 0.6) is 0 Å². The molecule has 0 aromatic heterocycles. The second kappa shape index (κ2) is 8.32. The molecular weight excluding hydrogens is 280 g/mol. The van der Waals surface area contributed by atoms with Crippen LogP contribution in [0, 0.1) is 0 Å². The summed E-state index contributed by atoms with van der Waals surface area (Å²) in [6.45, 7) is 1.51. The Bertz CT molecular complexity index is 510. The van der Waals surface area contributed by atoms with Crippen LogP contribution in [0.15, 0.2) is 30.3 Å². The standard InChI is InChI=1S/C17H22N2O3/c20-13-7-4-10-15(17(22)19-11-5-6-12-19)18-16(21)14-8-2-1-3-9-14/h1-3,8-9,13,15H,4-7,10-12H2,(H,18,21)/t15-/m0/s1. The number of nitrogens with zero attached hydrogens (tertiary/aromatic N) is 1. The van der Waals surface area contributed by atoms with E-state index in [2.05, 4.69) is 5.32 Å². The maximum Gasteiger partial charge on any atom is 0.251 e. The Kier molecular flexibility index (Phi) is 6.13. The van der Waals surface area contributed by atoms with Crippen LogP contribution in [0.4, 0.5) is 0 Å². The molecule has 1 N–H and O–H groups in total. The van der Waals surface area contributed by atoms with E-state index in [-0.39, 0.29) is 11.8 Å². The van der Waals surface area contributed by atoms with E-state index in [0.29, 0.717) is 24.8 Å². The highest BCUT2D eigenvalue weighted by Gasteiger charge is 2.27. The van der Waals surface area contributed by atoms with Crippen LogP contribution in [-0.2, 0) is 9.59 Å². The van der Waals surface area contributed by atoms with Crippen molar-refractivity contribution in [2.24, 2.45) is 0 Å². The molecule has 1 aromatic carbocycles. The number of rotatable bonds is 7. The fourth-order valence-electron chi connectivity index (χ4n) is 2.65. The van der Waals surface area contributed by atoms with Crippen molar-refractivity contribution in [2.75, 3.05) is 13.1 Å². The number of amides is 2. The molecule has 2 rings (SSSR count). The third-order valence-corrected chi connectivity index (χ3v) is 3.87. The number of nitrogens with one attached hydrogen (secondary N) is 1. The van der Waals surface area contributed by atoms with E-state index in [1.54, 1.807) is 29.2 Å². The molecule has 5 nitrogen and oxygen atoms in total. The summed E-state index contributed by atoms with van der Waals surface area (Å²) >= 11 is 0. The molecule has 1 aliphatic heterocycles. The van der Waals surface area contributed by atoms with Crippen LogP contribution in [0.1, 0.15) is 42.5 Å². The molecule has 118 valence electrons. The second-order valence-corrected chi connectivity index (χ2v) is 5.52. The van der Waals surface area contributed by atoms with Crippen LogP contribution >= 0.6 is 0 Å². The van der Waals surface area contributed by atoms with Crippen LogP contribution < -0.4 is 5.32 Å². The Morgan fingerprint density at radius 1 is 1.18 bits per heavy atom. The third kappa shape index (κ3) is 4.41. The number of benzene rings is 1. The van der Waals surface area contributed by atoms with Gasteiger partial charge in [-0.25, -0.2) is 0 Å². The van der Waals surface area contributed by atoms with Gasteiger partial charge in [-0.2, -0.15) is 0 Å². The van der Waals surface area contributed by atoms with Gasteiger partial charge >= 0.3 is 0 Å². The Labute approximate surface area is 130 Å². The van der Waals surface area contributed by atoms with E-state index < -0.39 is 6.04 Å². The molecule has 1 aliphatic rings. The van der Waals surface area contributed by atoms with Crippen molar-refractivity contribution in [3.05, 3.63) is 35.9 Å². The highest BCUT2D eigenvalue weighted by atomic mass is 16.2. The highest BCUT2D eigenvalue weighted by Crippen LogP contribution is 2.12. The predicted octanol–water partition coefficient (Wildman–Crippen LogP) is 1.78. The molecule has 5 heteroatoms. The van der Waals surface area contributed by atoms with Gasteiger partial charge in [-0.15, -0.1) is 0 Å². The highest BCUT2D eigenvalue weighted by molar-refractivity contribution is 5.97. The topological polar surface area (TPSA) is 66.5 Å². The molecule has 1 saturated heterocycles. The van der Waals surface area contributed by atoms with E-state index in [9.17, 15) is 14.4 Å². The average molecular weight is 302 g/mol. The first-order valence-corrected chi connectivity index (χ1v) is 7.80.